The van der Waals surface area contributed by atoms with Crippen LogP contribution in [0.4, 0.5) is 0 Å². The topological polar surface area (TPSA) is 46.5 Å². The van der Waals surface area contributed by atoms with Gasteiger partial charge in [-0.3, -0.25) is 0 Å². The highest BCUT2D eigenvalue weighted by molar-refractivity contribution is 5.91. The third kappa shape index (κ3) is 3.06. The van der Waals surface area contributed by atoms with Crippen molar-refractivity contribution in [2.45, 2.75) is 20.3 Å². The van der Waals surface area contributed by atoms with Crippen molar-refractivity contribution in [1.82, 2.24) is 0 Å². The first kappa shape index (κ1) is 11.7. The Hall–Kier alpha value is -1.35. The van der Waals surface area contributed by atoms with Gasteiger partial charge in [0, 0.05) is 6.61 Å². The number of ether oxygens (including phenoxy) is 1. The molecule has 0 unspecified atom stereocenters. The third-order valence-electron chi connectivity index (χ3n) is 2.20. The second-order valence-corrected chi connectivity index (χ2v) is 3.34. The van der Waals surface area contributed by atoms with Crippen LogP contribution in [-0.2, 0) is 11.2 Å². The van der Waals surface area contributed by atoms with Gasteiger partial charge in [-0.05, 0) is 37.5 Å². The zero-order valence-electron chi connectivity index (χ0n) is 9.12. The van der Waals surface area contributed by atoms with Crippen molar-refractivity contribution in [2.24, 2.45) is 0 Å². The van der Waals surface area contributed by atoms with Crippen LogP contribution in [0.3, 0.4) is 0 Å². The maximum atomic E-state index is 11.5. The van der Waals surface area contributed by atoms with Crippen LogP contribution in [0.2, 0.25) is 0 Å². The van der Waals surface area contributed by atoms with Gasteiger partial charge >= 0.3 is 5.97 Å². The zero-order chi connectivity index (χ0) is 11.3. The van der Waals surface area contributed by atoms with E-state index in [1.165, 1.54) is 0 Å². The lowest BCUT2D eigenvalue weighted by molar-refractivity contribution is 0.0525. The van der Waals surface area contributed by atoms with E-state index in [4.69, 9.17) is 9.84 Å². The lowest BCUT2D eigenvalue weighted by Crippen LogP contribution is -2.07. The van der Waals surface area contributed by atoms with Crippen LogP contribution >= 0.6 is 0 Å². The molecule has 15 heavy (non-hydrogen) atoms. The van der Waals surface area contributed by atoms with Crippen molar-refractivity contribution in [2.75, 3.05) is 13.2 Å². The van der Waals surface area contributed by atoms with Gasteiger partial charge in [-0.15, -0.1) is 0 Å². The first-order chi connectivity index (χ1) is 7.19. The van der Waals surface area contributed by atoms with Gasteiger partial charge in [0.15, 0.2) is 0 Å². The molecule has 1 N–H and O–H groups in total. The van der Waals surface area contributed by atoms with Gasteiger partial charge in [0.05, 0.1) is 12.2 Å². The molecule has 0 amide bonds. The largest absolute Gasteiger partial charge is 0.462 e. The molecule has 82 valence electrons. The highest BCUT2D eigenvalue weighted by atomic mass is 16.5. The number of carbonyl (C=O) groups excluding carboxylic acids is 1. The zero-order valence-corrected chi connectivity index (χ0v) is 9.12. The molecule has 1 rings (SSSR count). The number of benzene rings is 1. The van der Waals surface area contributed by atoms with E-state index in [1.54, 1.807) is 13.0 Å². The minimum absolute atomic E-state index is 0.0886. The predicted octanol–water partition coefficient (Wildman–Crippen LogP) is 1.71. The Morgan fingerprint density at radius 3 is 2.80 bits per heavy atom. The van der Waals surface area contributed by atoms with Crippen molar-refractivity contribution >= 4 is 5.97 Å². The Kier molecular flexibility index (Phi) is 4.31. The molecule has 0 aromatic heterocycles. The summed E-state index contributed by atoms with van der Waals surface area (Å²) in [6, 6.07) is 5.56. The van der Waals surface area contributed by atoms with Gasteiger partial charge in [-0.2, -0.15) is 0 Å². The smallest absolute Gasteiger partial charge is 0.338 e. The van der Waals surface area contributed by atoms with Crippen LogP contribution in [0.15, 0.2) is 18.2 Å². The van der Waals surface area contributed by atoms with E-state index in [9.17, 15) is 4.79 Å². The Balaban J connectivity index is 2.94. The maximum absolute atomic E-state index is 11.5. The van der Waals surface area contributed by atoms with Crippen LogP contribution in [0.25, 0.3) is 0 Å². The molecule has 0 aliphatic rings. The molecular formula is C12H16O3. The molecule has 0 saturated heterocycles. The first-order valence-electron chi connectivity index (χ1n) is 5.06. The Bertz CT molecular complexity index is 345. The van der Waals surface area contributed by atoms with E-state index in [0.29, 0.717) is 18.6 Å². The van der Waals surface area contributed by atoms with E-state index in [-0.39, 0.29) is 12.6 Å². The summed E-state index contributed by atoms with van der Waals surface area (Å²) in [7, 11) is 0. The summed E-state index contributed by atoms with van der Waals surface area (Å²) in [6.07, 6.45) is 0.562. The number of carbonyl (C=O) groups is 1. The molecular weight excluding hydrogens is 192 g/mol. The van der Waals surface area contributed by atoms with E-state index in [0.717, 1.165) is 11.1 Å². The van der Waals surface area contributed by atoms with Crippen LogP contribution in [-0.4, -0.2) is 24.3 Å². The Morgan fingerprint density at radius 1 is 1.47 bits per heavy atom. The molecule has 3 heteroatoms. The number of hydrogen-bond donors (Lipinski definition) is 1. The summed E-state index contributed by atoms with van der Waals surface area (Å²) in [5.41, 5.74) is 2.43. The van der Waals surface area contributed by atoms with E-state index >= 15 is 0 Å². The van der Waals surface area contributed by atoms with Crippen LogP contribution in [0.5, 0.6) is 0 Å². The molecule has 0 aliphatic carbocycles. The number of hydrogen-bond acceptors (Lipinski definition) is 3. The lowest BCUT2D eigenvalue weighted by atomic mass is 10.0. The lowest BCUT2D eigenvalue weighted by Gasteiger charge is -2.07. The van der Waals surface area contributed by atoms with Crippen molar-refractivity contribution in [1.29, 1.82) is 0 Å². The minimum Gasteiger partial charge on any atom is -0.462 e. The summed E-state index contributed by atoms with van der Waals surface area (Å²) < 4.78 is 4.94. The quantitative estimate of drug-likeness (QED) is 0.766. The highest BCUT2D eigenvalue weighted by Gasteiger charge is 2.10. The fourth-order valence-electron chi connectivity index (χ4n) is 1.38. The number of aliphatic hydroxyl groups is 1. The predicted molar refractivity (Wildman–Crippen MR) is 57.9 cm³/mol. The second-order valence-electron chi connectivity index (χ2n) is 3.34. The normalized spacial score (nSPS) is 10.1. The summed E-state index contributed by atoms with van der Waals surface area (Å²) in [5, 5.41) is 8.81. The fraction of sp³-hybridized carbons (Fsp3) is 0.417. The maximum Gasteiger partial charge on any atom is 0.338 e. The number of aryl methyl sites for hydroxylation is 1. The van der Waals surface area contributed by atoms with Crippen LogP contribution in [0, 0.1) is 6.92 Å². The van der Waals surface area contributed by atoms with Crippen molar-refractivity contribution in [3.8, 4) is 0 Å². The first-order valence-corrected chi connectivity index (χ1v) is 5.06. The number of aliphatic hydroxyl groups excluding tert-OH is 1. The van der Waals surface area contributed by atoms with E-state index < -0.39 is 0 Å². The molecule has 0 fully saturated rings. The summed E-state index contributed by atoms with van der Waals surface area (Å²) >= 11 is 0. The molecule has 0 heterocycles. The van der Waals surface area contributed by atoms with Crippen molar-refractivity contribution in [3.05, 3.63) is 34.9 Å². The number of rotatable bonds is 4. The highest BCUT2D eigenvalue weighted by Crippen LogP contribution is 2.13. The molecule has 1 aromatic carbocycles. The summed E-state index contributed by atoms with van der Waals surface area (Å²) in [5.74, 6) is -0.296. The monoisotopic (exact) mass is 208 g/mol. The van der Waals surface area contributed by atoms with Gasteiger partial charge in [-0.25, -0.2) is 4.79 Å². The molecule has 3 nitrogen and oxygen atoms in total. The average molecular weight is 208 g/mol. The van der Waals surface area contributed by atoms with Gasteiger partial charge < -0.3 is 9.84 Å². The van der Waals surface area contributed by atoms with Gasteiger partial charge in [-0.1, -0.05) is 12.1 Å². The van der Waals surface area contributed by atoms with Crippen molar-refractivity contribution < 1.29 is 14.6 Å². The minimum atomic E-state index is -0.296. The Labute approximate surface area is 89.7 Å². The van der Waals surface area contributed by atoms with Gasteiger partial charge in [0.1, 0.15) is 0 Å². The molecule has 0 saturated carbocycles. The molecule has 0 radical (unpaired) electrons. The second kappa shape index (κ2) is 5.51. The van der Waals surface area contributed by atoms with Crippen LogP contribution in [0.1, 0.15) is 28.4 Å². The summed E-state index contributed by atoms with van der Waals surface area (Å²) in [6.45, 7) is 4.12. The SMILES string of the molecule is CCOC(=O)c1cc(CCO)ccc1C. The molecule has 0 bridgehead atoms. The third-order valence-corrected chi connectivity index (χ3v) is 2.20. The van der Waals surface area contributed by atoms with Gasteiger partial charge in [0.25, 0.3) is 0 Å². The molecule has 0 atom stereocenters. The van der Waals surface area contributed by atoms with E-state index in [1.807, 2.05) is 19.1 Å². The standard InChI is InChI=1S/C12H16O3/c1-3-15-12(14)11-8-10(6-7-13)5-4-9(11)2/h4-5,8,13H,3,6-7H2,1-2H3. The van der Waals surface area contributed by atoms with Crippen molar-refractivity contribution in [3.63, 3.8) is 0 Å². The van der Waals surface area contributed by atoms with Gasteiger partial charge in [0.2, 0.25) is 0 Å². The molecule has 1 aromatic rings. The Morgan fingerprint density at radius 2 is 2.20 bits per heavy atom. The molecule has 0 aliphatic heterocycles. The summed E-state index contributed by atoms with van der Waals surface area (Å²) in [4.78, 5) is 11.5. The molecule has 0 spiro atoms. The number of esters is 1. The fourth-order valence-corrected chi connectivity index (χ4v) is 1.38. The average Bonchev–Trinajstić information content (AvgIpc) is 2.21. The van der Waals surface area contributed by atoms with E-state index in [2.05, 4.69) is 0 Å². The van der Waals surface area contributed by atoms with Crippen LogP contribution < -0.4 is 0 Å².